The van der Waals surface area contributed by atoms with E-state index in [9.17, 15) is 0 Å². The number of rotatable bonds is 3. The van der Waals surface area contributed by atoms with Crippen LogP contribution in [0.3, 0.4) is 0 Å². The van der Waals surface area contributed by atoms with E-state index in [-0.39, 0.29) is 6.61 Å². The number of hydrogen-bond acceptors (Lipinski definition) is 2. The molecule has 2 heteroatoms. The summed E-state index contributed by atoms with van der Waals surface area (Å²) in [6, 6.07) is 0. The summed E-state index contributed by atoms with van der Waals surface area (Å²) in [7, 11) is 1.79. The Balaban J connectivity index is 2.21. The maximum atomic E-state index is 8.58. The van der Waals surface area contributed by atoms with Crippen LogP contribution in [0.1, 0.15) is 25.7 Å². The van der Waals surface area contributed by atoms with E-state index in [0.717, 1.165) is 12.8 Å². The van der Waals surface area contributed by atoms with E-state index in [0.29, 0.717) is 12.0 Å². The Kier molecular flexibility index (Phi) is 4.33. The van der Waals surface area contributed by atoms with Gasteiger partial charge in [-0.05, 0) is 31.6 Å². The van der Waals surface area contributed by atoms with Gasteiger partial charge in [0.25, 0.3) is 0 Å². The molecule has 0 aromatic rings. The first kappa shape index (κ1) is 9.75. The van der Waals surface area contributed by atoms with E-state index in [1.54, 1.807) is 7.11 Å². The van der Waals surface area contributed by atoms with Crippen molar-refractivity contribution >= 4 is 0 Å². The van der Waals surface area contributed by atoms with Crippen LogP contribution in [0.2, 0.25) is 0 Å². The third kappa shape index (κ3) is 2.95. The standard InChI is InChI=1S/C10H18O2/c1-12-10-6-4-9(5-7-10)3-2-8-11/h2-3,9-11H,4-8H2,1H3/b3-2+. The summed E-state index contributed by atoms with van der Waals surface area (Å²) in [6.45, 7) is 0.171. The van der Waals surface area contributed by atoms with Gasteiger partial charge in [0.05, 0.1) is 12.7 Å². The number of allylic oxidation sites excluding steroid dienone is 1. The highest BCUT2D eigenvalue weighted by Gasteiger charge is 2.18. The zero-order valence-electron chi connectivity index (χ0n) is 7.70. The van der Waals surface area contributed by atoms with Crippen LogP contribution in [0, 0.1) is 5.92 Å². The predicted molar refractivity (Wildman–Crippen MR) is 49.0 cm³/mol. The van der Waals surface area contributed by atoms with Crippen molar-refractivity contribution in [3.63, 3.8) is 0 Å². The molecule has 2 nitrogen and oxygen atoms in total. The van der Waals surface area contributed by atoms with Crippen molar-refractivity contribution in [3.8, 4) is 0 Å². The minimum atomic E-state index is 0.171. The SMILES string of the molecule is COC1CCC(/C=C/CO)CC1. The number of aliphatic hydroxyl groups is 1. The molecule has 70 valence electrons. The van der Waals surface area contributed by atoms with Crippen molar-refractivity contribution in [1.29, 1.82) is 0 Å². The molecule has 1 N–H and O–H groups in total. The molecule has 0 aromatic heterocycles. The number of ether oxygens (including phenoxy) is 1. The van der Waals surface area contributed by atoms with Crippen molar-refractivity contribution in [2.45, 2.75) is 31.8 Å². The van der Waals surface area contributed by atoms with Crippen molar-refractivity contribution in [1.82, 2.24) is 0 Å². The topological polar surface area (TPSA) is 29.5 Å². The zero-order valence-corrected chi connectivity index (χ0v) is 7.70. The van der Waals surface area contributed by atoms with Gasteiger partial charge in [-0.3, -0.25) is 0 Å². The van der Waals surface area contributed by atoms with Gasteiger partial charge in [0.2, 0.25) is 0 Å². The molecule has 1 saturated carbocycles. The van der Waals surface area contributed by atoms with Crippen LogP contribution < -0.4 is 0 Å². The Labute approximate surface area is 74.2 Å². The van der Waals surface area contributed by atoms with Crippen LogP contribution >= 0.6 is 0 Å². The van der Waals surface area contributed by atoms with E-state index in [1.807, 2.05) is 6.08 Å². The fourth-order valence-electron chi connectivity index (χ4n) is 1.77. The highest BCUT2D eigenvalue weighted by atomic mass is 16.5. The highest BCUT2D eigenvalue weighted by Crippen LogP contribution is 2.26. The van der Waals surface area contributed by atoms with Gasteiger partial charge in [0.1, 0.15) is 0 Å². The minimum Gasteiger partial charge on any atom is -0.392 e. The summed E-state index contributed by atoms with van der Waals surface area (Å²) in [5.41, 5.74) is 0. The maximum absolute atomic E-state index is 8.58. The van der Waals surface area contributed by atoms with Gasteiger partial charge < -0.3 is 9.84 Å². The lowest BCUT2D eigenvalue weighted by atomic mass is 9.87. The summed E-state index contributed by atoms with van der Waals surface area (Å²) < 4.78 is 5.27. The second kappa shape index (κ2) is 5.33. The third-order valence-electron chi connectivity index (χ3n) is 2.57. The predicted octanol–water partition coefficient (Wildman–Crippen LogP) is 1.74. The largest absolute Gasteiger partial charge is 0.392 e. The van der Waals surface area contributed by atoms with Gasteiger partial charge in [-0.1, -0.05) is 12.2 Å². The molecule has 0 aromatic carbocycles. The summed E-state index contributed by atoms with van der Waals surface area (Å²) in [5, 5.41) is 8.58. The van der Waals surface area contributed by atoms with E-state index in [1.165, 1.54) is 12.8 Å². The van der Waals surface area contributed by atoms with Gasteiger partial charge in [-0.2, -0.15) is 0 Å². The van der Waals surface area contributed by atoms with Crippen molar-refractivity contribution in [2.75, 3.05) is 13.7 Å². The molecule has 12 heavy (non-hydrogen) atoms. The number of methoxy groups -OCH3 is 1. The molecule has 1 rings (SSSR count). The van der Waals surface area contributed by atoms with Crippen LogP contribution in [-0.2, 0) is 4.74 Å². The second-order valence-corrected chi connectivity index (χ2v) is 3.38. The second-order valence-electron chi connectivity index (χ2n) is 3.38. The normalized spacial score (nSPS) is 31.2. The average Bonchev–Trinajstić information content (AvgIpc) is 2.15. The van der Waals surface area contributed by atoms with Crippen LogP contribution in [0.15, 0.2) is 12.2 Å². The molecule has 0 radical (unpaired) electrons. The van der Waals surface area contributed by atoms with E-state index in [2.05, 4.69) is 6.08 Å². The molecule has 1 aliphatic rings. The molecule has 1 fully saturated rings. The van der Waals surface area contributed by atoms with Gasteiger partial charge in [-0.25, -0.2) is 0 Å². The van der Waals surface area contributed by atoms with E-state index >= 15 is 0 Å². The monoisotopic (exact) mass is 170 g/mol. The molecule has 0 saturated heterocycles. The maximum Gasteiger partial charge on any atom is 0.0612 e. The zero-order chi connectivity index (χ0) is 8.81. The summed E-state index contributed by atoms with van der Waals surface area (Å²) >= 11 is 0. The first-order valence-electron chi connectivity index (χ1n) is 4.67. The third-order valence-corrected chi connectivity index (χ3v) is 2.57. The lowest BCUT2D eigenvalue weighted by Gasteiger charge is -2.25. The van der Waals surface area contributed by atoms with Crippen LogP contribution in [0.5, 0.6) is 0 Å². The average molecular weight is 170 g/mol. The lowest BCUT2D eigenvalue weighted by molar-refractivity contribution is 0.0626. The molecule has 0 heterocycles. The Hall–Kier alpha value is -0.340. The molecule has 1 aliphatic carbocycles. The Bertz CT molecular complexity index is 135. The number of hydrogen-bond donors (Lipinski definition) is 1. The van der Waals surface area contributed by atoms with Crippen LogP contribution in [0.25, 0.3) is 0 Å². The summed E-state index contributed by atoms with van der Waals surface area (Å²) in [6.07, 6.45) is 9.19. The highest BCUT2D eigenvalue weighted by molar-refractivity contribution is 4.90. The van der Waals surface area contributed by atoms with Gasteiger partial charge in [-0.15, -0.1) is 0 Å². The van der Waals surface area contributed by atoms with Gasteiger partial charge >= 0.3 is 0 Å². The lowest BCUT2D eigenvalue weighted by Crippen LogP contribution is -2.19. The minimum absolute atomic E-state index is 0.171. The van der Waals surface area contributed by atoms with Crippen LogP contribution in [0.4, 0.5) is 0 Å². The molecule has 0 amide bonds. The van der Waals surface area contributed by atoms with Crippen molar-refractivity contribution in [3.05, 3.63) is 12.2 Å². The first-order valence-corrected chi connectivity index (χ1v) is 4.67. The molecular formula is C10H18O2. The quantitative estimate of drug-likeness (QED) is 0.654. The fourth-order valence-corrected chi connectivity index (χ4v) is 1.77. The molecule has 0 aliphatic heterocycles. The van der Waals surface area contributed by atoms with E-state index < -0.39 is 0 Å². The Morgan fingerprint density at radius 2 is 2.00 bits per heavy atom. The molecular weight excluding hydrogens is 152 g/mol. The fraction of sp³-hybridized carbons (Fsp3) is 0.800. The van der Waals surface area contributed by atoms with E-state index in [4.69, 9.17) is 9.84 Å². The molecule has 0 bridgehead atoms. The van der Waals surface area contributed by atoms with Crippen molar-refractivity contribution in [2.24, 2.45) is 5.92 Å². The molecule has 0 atom stereocenters. The summed E-state index contributed by atoms with van der Waals surface area (Å²) in [4.78, 5) is 0. The Morgan fingerprint density at radius 1 is 1.33 bits per heavy atom. The molecule has 0 spiro atoms. The summed E-state index contributed by atoms with van der Waals surface area (Å²) in [5.74, 6) is 0.670. The first-order chi connectivity index (χ1) is 5.86. The number of aliphatic hydroxyl groups excluding tert-OH is 1. The Morgan fingerprint density at radius 3 is 2.50 bits per heavy atom. The van der Waals surface area contributed by atoms with Crippen LogP contribution in [-0.4, -0.2) is 24.9 Å². The smallest absolute Gasteiger partial charge is 0.0612 e. The molecule has 0 unspecified atom stereocenters. The van der Waals surface area contributed by atoms with Crippen molar-refractivity contribution < 1.29 is 9.84 Å². The van der Waals surface area contributed by atoms with Gasteiger partial charge in [0.15, 0.2) is 0 Å². The van der Waals surface area contributed by atoms with Gasteiger partial charge in [0, 0.05) is 7.11 Å².